The standard InChI is InChI=1S/C16H21NO4/c1-15(2,3)16(13(18)19)9-10-17(16)14(20)21-11-12-7-5-4-6-8-12/h4-8H,9-11H2,1-3H3,(H,18,19)/p-1. The summed E-state index contributed by atoms with van der Waals surface area (Å²) < 4.78 is 5.23. The first kappa shape index (κ1) is 15.4. The van der Waals surface area contributed by atoms with Crippen molar-refractivity contribution in [3.63, 3.8) is 0 Å². The lowest BCUT2D eigenvalue weighted by Gasteiger charge is -2.59. The number of carbonyl (C=O) groups excluding carboxylic acids is 2. The minimum absolute atomic E-state index is 0.128. The molecule has 1 saturated heterocycles. The van der Waals surface area contributed by atoms with Crippen LogP contribution in [0.4, 0.5) is 4.79 Å². The van der Waals surface area contributed by atoms with Gasteiger partial charge in [0.15, 0.2) is 0 Å². The molecule has 1 amide bonds. The Bertz CT molecular complexity index is 535. The van der Waals surface area contributed by atoms with Gasteiger partial charge in [-0.15, -0.1) is 0 Å². The smallest absolute Gasteiger partial charge is 0.410 e. The van der Waals surface area contributed by atoms with Crippen molar-refractivity contribution in [2.75, 3.05) is 6.54 Å². The molecule has 0 bridgehead atoms. The number of amides is 1. The Balaban J connectivity index is 2.07. The summed E-state index contributed by atoms with van der Waals surface area (Å²) >= 11 is 0. The molecule has 2 rings (SSSR count). The van der Waals surface area contributed by atoms with Crippen molar-refractivity contribution in [3.8, 4) is 0 Å². The van der Waals surface area contributed by atoms with E-state index in [9.17, 15) is 14.7 Å². The van der Waals surface area contributed by atoms with Gasteiger partial charge < -0.3 is 14.6 Å². The van der Waals surface area contributed by atoms with Crippen LogP contribution < -0.4 is 5.11 Å². The van der Waals surface area contributed by atoms with Crippen molar-refractivity contribution < 1.29 is 19.4 Å². The van der Waals surface area contributed by atoms with Gasteiger partial charge in [0.2, 0.25) is 0 Å². The van der Waals surface area contributed by atoms with Crippen molar-refractivity contribution in [3.05, 3.63) is 35.9 Å². The third-order valence-electron chi connectivity index (χ3n) is 4.16. The van der Waals surface area contributed by atoms with Gasteiger partial charge in [-0.2, -0.15) is 0 Å². The Morgan fingerprint density at radius 1 is 1.29 bits per heavy atom. The van der Waals surface area contributed by atoms with Crippen molar-refractivity contribution in [2.24, 2.45) is 5.41 Å². The van der Waals surface area contributed by atoms with Crippen LogP contribution in [0.5, 0.6) is 0 Å². The highest BCUT2D eigenvalue weighted by Crippen LogP contribution is 2.45. The fourth-order valence-corrected chi connectivity index (χ4v) is 2.79. The van der Waals surface area contributed by atoms with E-state index >= 15 is 0 Å². The largest absolute Gasteiger partial charge is 0.548 e. The van der Waals surface area contributed by atoms with Gasteiger partial charge in [-0.25, -0.2) is 4.79 Å². The van der Waals surface area contributed by atoms with Crippen LogP contribution in [0.3, 0.4) is 0 Å². The molecule has 1 aromatic carbocycles. The van der Waals surface area contributed by atoms with E-state index in [1.165, 1.54) is 4.90 Å². The van der Waals surface area contributed by atoms with E-state index < -0.39 is 23.0 Å². The predicted molar refractivity (Wildman–Crippen MR) is 75.1 cm³/mol. The second-order valence-corrected chi connectivity index (χ2v) is 6.34. The third-order valence-corrected chi connectivity index (χ3v) is 4.16. The monoisotopic (exact) mass is 290 g/mol. The van der Waals surface area contributed by atoms with Crippen LogP contribution in [0.2, 0.25) is 0 Å². The van der Waals surface area contributed by atoms with E-state index in [4.69, 9.17) is 4.74 Å². The molecule has 5 nitrogen and oxygen atoms in total. The fourth-order valence-electron chi connectivity index (χ4n) is 2.79. The summed E-state index contributed by atoms with van der Waals surface area (Å²) in [5.74, 6) is -1.22. The van der Waals surface area contributed by atoms with Crippen LogP contribution in [0.25, 0.3) is 0 Å². The summed E-state index contributed by atoms with van der Waals surface area (Å²) in [6.45, 7) is 5.88. The molecule has 0 radical (unpaired) electrons. The Labute approximate surface area is 124 Å². The van der Waals surface area contributed by atoms with E-state index in [0.717, 1.165) is 5.56 Å². The van der Waals surface area contributed by atoms with E-state index in [1.54, 1.807) is 20.8 Å². The van der Waals surface area contributed by atoms with Gasteiger partial charge in [-0.05, 0) is 17.4 Å². The average molecular weight is 290 g/mol. The molecule has 0 spiro atoms. The van der Waals surface area contributed by atoms with Crippen LogP contribution in [0.15, 0.2) is 30.3 Å². The maximum atomic E-state index is 12.2. The highest BCUT2D eigenvalue weighted by atomic mass is 16.6. The van der Waals surface area contributed by atoms with Crippen molar-refractivity contribution in [2.45, 2.75) is 39.3 Å². The van der Waals surface area contributed by atoms with Crippen molar-refractivity contribution in [1.29, 1.82) is 0 Å². The molecule has 114 valence electrons. The Hall–Kier alpha value is -2.04. The highest BCUT2D eigenvalue weighted by molar-refractivity contribution is 5.86. The molecule has 5 heteroatoms. The second-order valence-electron chi connectivity index (χ2n) is 6.34. The van der Waals surface area contributed by atoms with Crippen LogP contribution in [0.1, 0.15) is 32.8 Å². The maximum absolute atomic E-state index is 12.2. The van der Waals surface area contributed by atoms with Crippen LogP contribution in [-0.2, 0) is 16.1 Å². The van der Waals surface area contributed by atoms with Gasteiger partial charge in [-0.1, -0.05) is 51.1 Å². The lowest BCUT2D eigenvalue weighted by Crippen LogP contribution is -2.75. The predicted octanol–water partition coefficient (Wildman–Crippen LogP) is 1.56. The quantitative estimate of drug-likeness (QED) is 0.847. The SMILES string of the molecule is CC(C)(C)C1(C(=O)[O-])CCN1C(=O)OCc1ccccc1. The number of ether oxygens (including phenoxy) is 1. The molecule has 1 aromatic rings. The summed E-state index contributed by atoms with van der Waals surface area (Å²) in [5.41, 5.74) is -1.04. The number of rotatable bonds is 3. The Morgan fingerprint density at radius 3 is 2.33 bits per heavy atom. The Morgan fingerprint density at radius 2 is 1.90 bits per heavy atom. The normalized spacial score (nSPS) is 21.6. The number of aliphatic carboxylic acids is 1. The number of carboxylic acid groups (broad SMARTS) is 1. The molecule has 1 unspecified atom stereocenters. The number of carboxylic acids is 1. The van der Waals surface area contributed by atoms with E-state index in [0.29, 0.717) is 13.0 Å². The van der Waals surface area contributed by atoms with E-state index in [1.807, 2.05) is 30.3 Å². The van der Waals surface area contributed by atoms with Crippen LogP contribution >= 0.6 is 0 Å². The minimum Gasteiger partial charge on any atom is -0.548 e. The van der Waals surface area contributed by atoms with Crippen LogP contribution in [0, 0.1) is 5.41 Å². The average Bonchev–Trinajstić information content (AvgIpc) is 2.34. The molecule has 0 aromatic heterocycles. The lowest BCUT2D eigenvalue weighted by atomic mass is 9.66. The zero-order valence-corrected chi connectivity index (χ0v) is 12.6. The molecule has 0 aliphatic carbocycles. The molecule has 21 heavy (non-hydrogen) atoms. The number of hydrogen-bond acceptors (Lipinski definition) is 4. The van der Waals surface area contributed by atoms with Gasteiger partial charge in [0, 0.05) is 6.54 Å². The van der Waals surface area contributed by atoms with Crippen molar-refractivity contribution in [1.82, 2.24) is 4.90 Å². The molecular weight excluding hydrogens is 270 g/mol. The topological polar surface area (TPSA) is 69.7 Å². The number of likely N-dealkylation sites (tertiary alicyclic amines) is 1. The second kappa shape index (κ2) is 5.39. The zero-order valence-electron chi connectivity index (χ0n) is 12.6. The summed E-state index contributed by atoms with van der Waals surface area (Å²) in [5, 5.41) is 11.6. The zero-order chi connectivity index (χ0) is 15.7. The van der Waals surface area contributed by atoms with Gasteiger partial charge in [-0.3, -0.25) is 4.90 Å². The summed E-state index contributed by atoms with van der Waals surface area (Å²) in [6.07, 6.45) is -0.219. The summed E-state index contributed by atoms with van der Waals surface area (Å²) in [7, 11) is 0. The minimum atomic E-state index is -1.29. The maximum Gasteiger partial charge on any atom is 0.410 e. The first-order chi connectivity index (χ1) is 9.79. The first-order valence-electron chi connectivity index (χ1n) is 6.99. The van der Waals surface area contributed by atoms with E-state index in [2.05, 4.69) is 0 Å². The van der Waals surface area contributed by atoms with E-state index in [-0.39, 0.29) is 6.61 Å². The van der Waals surface area contributed by atoms with Gasteiger partial charge >= 0.3 is 6.09 Å². The Kier molecular flexibility index (Phi) is 3.94. The third kappa shape index (κ3) is 2.60. The van der Waals surface area contributed by atoms with Crippen LogP contribution in [-0.4, -0.2) is 29.0 Å². The van der Waals surface area contributed by atoms with Gasteiger partial charge in [0.1, 0.15) is 6.61 Å². The molecule has 1 atom stereocenters. The molecule has 1 aliphatic rings. The summed E-state index contributed by atoms with van der Waals surface area (Å²) in [4.78, 5) is 25.0. The lowest BCUT2D eigenvalue weighted by molar-refractivity contribution is -0.330. The van der Waals surface area contributed by atoms with Gasteiger partial charge in [0.05, 0.1) is 11.5 Å². The summed E-state index contributed by atoms with van der Waals surface area (Å²) in [6, 6.07) is 9.28. The fraction of sp³-hybridized carbons (Fsp3) is 0.500. The molecule has 0 saturated carbocycles. The molecule has 1 aliphatic heterocycles. The first-order valence-corrected chi connectivity index (χ1v) is 6.99. The molecule has 1 heterocycles. The number of nitrogens with zero attached hydrogens (tertiary/aromatic N) is 1. The van der Waals surface area contributed by atoms with Crippen molar-refractivity contribution >= 4 is 12.1 Å². The number of hydrogen-bond donors (Lipinski definition) is 0. The highest BCUT2D eigenvalue weighted by Gasteiger charge is 2.56. The number of carbonyl (C=O) groups is 2. The van der Waals surface area contributed by atoms with Gasteiger partial charge in [0.25, 0.3) is 0 Å². The molecular formula is C16H20NO4-. The molecule has 0 N–H and O–H groups in total. The molecule has 1 fully saturated rings. The number of benzene rings is 1.